The number of aromatic nitrogens is 1. The molecule has 1 aromatic heterocycles. The summed E-state index contributed by atoms with van der Waals surface area (Å²) in [5.74, 6) is 0.490. The second-order valence-corrected chi connectivity index (χ2v) is 6.20. The summed E-state index contributed by atoms with van der Waals surface area (Å²) in [6.07, 6.45) is 4.91. The Labute approximate surface area is 121 Å². The Morgan fingerprint density at radius 1 is 1.47 bits per heavy atom. The first-order chi connectivity index (χ1) is 9.29. The molecule has 0 aliphatic heterocycles. The van der Waals surface area contributed by atoms with Crippen LogP contribution in [-0.4, -0.2) is 23.2 Å². The molecule has 0 saturated heterocycles. The van der Waals surface area contributed by atoms with Crippen molar-refractivity contribution in [1.29, 1.82) is 0 Å². The molecule has 0 radical (unpaired) electrons. The molecular formula is C14H16N2OS2. The van der Waals surface area contributed by atoms with Gasteiger partial charge in [0.1, 0.15) is 0 Å². The van der Waals surface area contributed by atoms with Crippen LogP contribution in [0.4, 0.5) is 0 Å². The third-order valence-corrected chi connectivity index (χ3v) is 4.65. The fraction of sp³-hybridized carbons (Fsp3) is 0.286. The smallest absolute Gasteiger partial charge is 0.230 e. The number of carbonyl (C=O) groups is 1. The number of hydrogen-bond acceptors (Lipinski definition) is 4. The van der Waals surface area contributed by atoms with Crippen molar-refractivity contribution in [2.24, 2.45) is 0 Å². The van der Waals surface area contributed by atoms with Crippen LogP contribution in [0.2, 0.25) is 0 Å². The lowest BCUT2D eigenvalue weighted by Crippen LogP contribution is -2.25. The second kappa shape index (κ2) is 7.31. The third kappa shape index (κ3) is 4.36. The molecule has 5 heteroatoms. The van der Waals surface area contributed by atoms with Crippen LogP contribution in [0.1, 0.15) is 13.3 Å². The number of carbonyl (C=O) groups excluding carboxylic acids is 1. The maximum atomic E-state index is 11.6. The van der Waals surface area contributed by atoms with Gasteiger partial charge in [-0.1, -0.05) is 36.0 Å². The Bertz CT molecular complexity index is 545. The van der Waals surface area contributed by atoms with E-state index in [0.717, 1.165) is 16.3 Å². The number of nitrogens with zero attached hydrogens (tertiary/aromatic N) is 1. The predicted octanol–water partition coefficient (Wildman–Crippen LogP) is 3.47. The minimum Gasteiger partial charge on any atom is -0.355 e. The number of rotatable bonds is 6. The average molecular weight is 292 g/mol. The number of benzene rings is 1. The van der Waals surface area contributed by atoms with Crippen LogP contribution < -0.4 is 5.32 Å². The van der Waals surface area contributed by atoms with Crippen LogP contribution in [0.15, 0.2) is 40.8 Å². The summed E-state index contributed by atoms with van der Waals surface area (Å²) in [5.41, 5.74) is 1.00. The van der Waals surface area contributed by atoms with Crippen molar-refractivity contribution in [3.63, 3.8) is 0 Å². The molecule has 2 aromatic rings. The van der Waals surface area contributed by atoms with Crippen molar-refractivity contribution in [3.05, 3.63) is 36.4 Å². The highest BCUT2D eigenvalue weighted by molar-refractivity contribution is 8.01. The van der Waals surface area contributed by atoms with E-state index in [1.165, 1.54) is 16.5 Å². The van der Waals surface area contributed by atoms with E-state index in [1.54, 1.807) is 11.3 Å². The molecule has 1 amide bonds. The van der Waals surface area contributed by atoms with Crippen molar-refractivity contribution in [1.82, 2.24) is 10.3 Å². The Hall–Kier alpha value is -1.33. The molecule has 0 aliphatic carbocycles. The molecule has 0 aliphatic rings. The lowest BCUT2D eigenvalue weighted by molar-refractivity contribution is -0.118. The zero-order valence-corrected chi connectivity index (χ0v) is 12.4. The summed E-state index contributed by atoms with van der Waals surface area (Å²) in [6, 6.07) is 8.02. The molecule has 1 N–H and O–H groups in total. The largest absolute Gasteiger partial charge is 0.355 e. The molecule has 0 fully saturated rings. The van der Waals surface area contributed by atoms with E-state index >= 15 is 0 Å². The topological polar surface area (TPSA) is 42.0 Å². The van der Waals surface area contributed by atoms with Crippen molar-refractivity contribution >= 4 is 39.2 Å². The number of nitrogens with one attached hydrogen (secondary N) is 1. The van der Waals surface area contributed by atoms with Gasteiger partial charge in [-0.05, 0) is 25.5 Å². The predicted molar refractivity (Wildman–Crippen MR) is 82.8 cm³/mol. The number of thiazole rings is 1. The minimum atomic E-state index is 0.0637. The number of allylic oxidation sites excluding steroid dienone is 1. The molecule has 1 aromatic carbocycles. The molecule has 3 nitrogen and oxygen atoms in total. The Balaban J connectivity index is 1.80. The van der Waals surface area contributed by atoms with Crippen LogP contribution in [0.25, 0.3) is 10.2 Å². The van der Waals surface area contributed by atoms with E-state index in [0.29, 0.717) is 12.3 Å². The zero-order valence-electron chi connectivity index (χ0n) is 10.8. The third-order valence-electron chi connectivity index (χ3n) is 2.47. The van der Waals surface area contributed by atoms with Gasteiger partial charge in [-0.15, -0.1) is 11.3 Å². The van der Waals surface area contributed by atoms with Gasteiger partial charge in [0.15, 0.2) is 4.34 Å². The molecule has 1 heterocycles. The maximum absolute atomic E-state index is 11.6. The Morgan fingerprint density at radius 3 is 3.11 bits per heavy atom. The highest BCUT2D eigenvalue weighted by Crippen LogP contribution is 2.28. The summed E-state index contributed by atoms with van der Waals surface area (Å²) >= 11 is 3.13. The second-order valence-electron chi connectivity index (χ2n) is 3.94. The summed E-state index contributed by atoms with van der Waals surface area (Å²) < 4.78 is 2.11. The van der Waals surface area contributed by atoms with Gasteiger partial charge in [-0.3, -0.25) is 4.79 Å². The van der Waals surface area contributed by atoms with Gasteiger partial charge in [-0.2, -0.15) is 0 Å². The SMILES string of the molecule is C/C=C/CCNC(=O)CSc1nc2ccccc2s1. The van der Waals surface area contributed by atoms with Gasteiger partial charge >= 0.3 is 0 Å². The van der Waals surface area contributed by atoms with Gasteiger partial charge in [0.25, 0.3) is 0 Å². The molecule has 0 unspecified atom stereocenters. The number of para-hydroxylation sites is 1. The monoisotopic (exact) mass is 292 g/mol. The fourth-order valence-electron chi connectivity index (χ4n) is 1.55. The highest BCUT2D eigenvalue weighted by atomic mass is 32.2. The maximum Gasteiger partial charge on any atom is 0.230 e. The molecule has 0 spiro atoms. The van der Waals surface area contributed by atoms with Crippen LogP contribution >= 0.6 is 23.1 Å². The summed E-state index contributed by atoms with van der Waals surface area (Å²) in [7, 11) is 0. The van der Waals surface area contributed by atoms with Gasteiger partial charge < -0.3 is 5.32 Å². The summed E-state index contributed by atoms with van der Waals surface area (Å²) in [5, 5.41) is 2.89. The van der Waals surface area contributed by atoms with E-state index in [-0.39, 0.29) is 5.91 Å². The van der Waals surface area contributed by atoms with Crippen LogP contribution in [0.5, 0.6) is 0 Å². The van der Waals surface area contributed by atoms with E-state index in [1.807, 2.05) is 43.3 Å². The molecule has 0 atom stereocenters. The van der Waals surface area contributed by atoms with E-state index in [4.69, 9.17) is 0 Å². The van der Waals surface area contributed by atoms with Crippen molar-refractivity contribution < 1.29 is 4.79 Å². The van der Waals surface area contributed by atoms with Crippen LogP contribution in [-0.2, 0) is 4.79 Å². The van der Waals surface area contributed by atoms with Gasteiger partial charge in [0, 0.05) is 6.54 Å². The average Bonchev–Trinajstić information content (AvgIpc) is 2.84. The first-order valence-corrected chi connectivity index (χ1v) is 7.96. The summed E-state index contributed by atoms with van der Waals surface area (Å²) in [6.45, 7) is 2.67. The van der Waals surface area contributed by atoms with E-state index < -0.39 is 0 Å². The minimum absolute atomic E-state index is 0.0637. The number of amides is 1. The molecular weight excluding hydrogens is 276 g/mol. The van der Waals surface area contributed by atoms with E-state index in [9.17, 15) is 4.79 Å². The highest BCUT2D eigenvalue weighted by Gasteiger charge is 2.06. The van der Waals surface area contributed by atoms with E-state index in [2.05, 4.69) is 10.3 Å². The Kier molecular flexibility index (Phi) is 5.42. The van der Waals surface area contributed by atoms with Crippen LogP contribution in [0.3, 0.4) is 0 Å². The first kappa shape index (κ1) is 14.1. The molecule has 2 rings (SSSR count). The first-order valence-electron chi connectivity index (χ1n) is 6.16. The standard InChI is InChI=1S/C14H16N2OS2/c1-2-3-6-9-15-13(17)10-18-14-16-11-7-4-5-8-12(11)19-14/h2-5,7-8H,6,9-10H2,1H3,(H,15,17)/b3-2+. The van der Waals surface area contributed by atoms with Crippen molar-refractivity contribution in [2.75, 3.05) is 12.3 Å². The fourth-order valence-corrected chi connectivity index (χ4v) is 3.45. The lowest BCUT2D eigenvalue weighted by Gasteiger charge is -2.01. The lowest BCUT2D eigenvalue weighted by atomic mass is 10.3. The van der Waals surface area contributed by atoms with Gasteiger partial charge in [-0.25, -0.2) is 4.98 Å². The normalized spacial score (nSPS) is 11.2. The molecule has 19 heavy (non-hydrogen) atoms. The van der Waals surface area contributed by atoms with Crippen LogP contribution in [0, 0.1) is 0 Å². The van der Waals surface area contributed by atoms with Crippen molar-refractivity contribution in [3.8, 4) is 0 Å². The number of fused-ring (bicyclic) bond motifs is 1. The van der Waals surface area contributed by atoms with Gasteiger partial charge in [0.2, 0.25) is 5.91 Å². The quantitative estimate of drug-likeness (QED) is 0.503. The molecule has 100 valence electrons. The Morgan fingerprint density at radius 2 is 2.32 bits per heavy atom. The van der Waals surface area contributed by atoms with Gasteiger partial charge in [0.05, 0.1) is 16.0 Å². The number of hydrogen-bond donors (Lipinski definition) is 1. The zero-order chi connectivity index (χ0) is 13.5. The molecule has 0 saturated carbocycles. The molecule has 0 bridgehead atoms. The summed E-state index contributed by atoms with van der Waals surface area (Å²) in [4.78, 5) is 16.1. The van der Waals surface area contributed by atoms with Crippen molar-refractivity contribution in [2.45, 2.75) is 17.7 Å². The number of thioether (sulfide) groups is 1.